The molecule has 0 aliphatic carbocycles. The monoisotopic (exact) mass is 478 g/mol. The molecule has 182 valence electrons. The number of fused-ring (bicyclic) bond motifs is 1. The van der Waals surface area contributed by atoms with Gasteiger partial charge in [-0.05, 0) is 31.0 Å². The Morgan fingerprint density at radius 3 is 2.29 bits per heavy atom. The van der Waals surface area contributed by atoms with Crippen LogP contribution in [0, 0.1) is 5.41 Å². The van der Waals surface area contributed by atoms with E-state index in [1.807, 2.05) is 6.07 Å². The van der Waals surface area contributed by atoms with Gasteiger partial charge in [-0.25, -0.2) is 14.5 Å². The number of carbonyl (C=O) groups is 4. The summed E-state index contributed by atoms with van der Waals surface area (Å²) < 4.78 is 15.2. The van der Waals surface area contributed by atoms with E-state index >= 15 is 0 Å². The molecule has 35 heavy (non-hydrogen) atoms. The van der Waals surface area contributed by atoms with Crippen molar-refractivity contribution >= 4 is 29.8 Å². The first-order chi connectivity index (χ1) is 16.7. The summed E-state index contributed by atoms with van der Waals surface area (Å²) in [4.78, 5) is 54.6. The minimum Gasteiger partial charge on any atom is -0.469 e. The number of imide groups is 1. The molecule has 4 rings (SSSR count). The number of amides is 3. The predicted molar refractivity (Wildman–Crippen MR) is 125 cm³/mol. The van der Waals surface area contributed by atoms with Crippen LogP contribution in [0.3, 0.4) is 0 Å². The predicted octanol–water partition coefficient (Wildman–Crippen LogP) is 4.16. The molecule has 0 radical (unpaired) electrons. The zero-order valence-electron chi connectivity index (χ0n) is 19.9. The molecule has 2 aliphatic heterocycles. The largest absolute Gasteiger partial charge is 0.469 e. The number of rotatable bonds is 4. The van der Waals surface area contributed by atoms with Gasteiger partial charge in [-0.2, -0.15) is 0 Å². The van der Waals surface area contributed by atoms with Crippen LogP contribution in [0.1, 0.15) is 36.9 Å². The average molecular weight is 479 g/mol. The molecule has 0 spiro atoms. The summed E-state index contributed by atoms with van der Waals surface area (Å²) in [6.07, 6.45) is -0.192. The number of anilines is 1. The van der Waals surface area contributed by atoms with Gasteiger partial charge in [0.1, 0.15) is 12.6 Å². The molecule has 9 heteroatoms. The molecule has 1 fully saturated rings. The normalized spacial score (nSPS) is 19.4. The van der Waals surface area contributed by atoms with E-state index in [1.54, 1.807) is 62.4 Å². The zero-order valence-corrected chi connectivity index (χ0v) is 19.9. The van der Waals surface area contributed by atoms with Crippen molar-refractivity contribution < 1.29 is 33.4 Å². The molecule has 2 aromatic carbocycles. The van der Waals surface area contributed by atoms with Gasteiger partial charge in [0, 0.05) is 17.7 Å². The topological polar surface area (TPSA) is 102 Å². The second kappa shape index (κ2) is 9.25. The van der Waals surface area contributed by atoms with Crippen LogP contribution in [0.5, 0.6) is 0 Å². The SMILES string of the molecule is COC(=O)N1C=C(C(=O)N2C(=O)OC[C@@H]2c2ccccc2)[C@H](C(C)(C)C(=O)OC)c2ccccc21. The summed E-state index contributed by atoms with van der Waals surface area (Å²) in [5, 5.41) is 0. The first kappa shape index (κ1) is 24.0. The van der Waals surface area contributed by atoms with Crippen molar-refractivity contribution in [2.24, 2.45) is 5.41 Å². The highest BCUT2D eigenvalue weighted by atomic mass is 16.6. The second-order valence-corrected chi connectivity index (χ2v) is 8.81. The van der Waals surface area contributed by atoms with Gasteiger partial charge in [0.05, 0.1) is 25.3 Å². The number of cyclic esters (lactones) is 1. The van der Waals surface area contributed by atoms with Crippen LogP contribution in [0.25, 0.3) is 0 Å². The summed E-state index contributed by atoms with van der Waals surface area (Å²) in [6.45, 7) is 3.31. The molecule has 0 unspecified atom stereocenters. The molecule has 0 saturated carbocycles. The Hall–Kier alpha value is -4.14. The van der Waals surface area contributed by atoms with E-state index in [4.69, 9.17) is 14.2 Å². The molecule has 0 aromatic heterocycles. The smallest absolute Gasteiger partial charge is 0.418 e. The summed E-state index contributed by atoms with van der Waals surface area (Å²) in [6, 6.07) is 15.3. The van der Waals surface area contributed by atoms with E-state index in [1.165, 1.54) is 25.3 Å². The Balaban J connectivity index is 1.88. The lowest BCUT2D eigenvalue weighted by molar-refractivity contribution is -0.151. The van der Waals surface area contributed by atoms with E-state index < -0.39 is 41.4 Å². The minimum atomic E-state index is -1.22. The van der Waals surface area contributed by atoms with Gasteiger partial charge in [0.15, 0.2) is 0 Å². The Bertz CT molecular complexity index is 1210. The van der Waals surface area contributed by atoms with Crippen LogP contribution in [0.2, 0.25) is 0 Å². The quantitative estimate of drug-likeness (QED) is 0.480. The summed E-state index contributed by atoms with van der Waals surface area (Å²) in [7, 11) is 2.50. The molecule has 2 aliphatic rings. The second-order valence-electron chi connectivity index (χ2n) is 8.81. The Kier molecular flexibility index (Phi) is 6.34. The van der Waals surface area contributed by atoms with Crippen molar-refractivity contribution in [3.05, 3.63) is 77.5 Å². The van der Waals surface area contributed by atoms with Crippen molar-refractivity contribution in [1.82, 2.24) is 4.90 Å². The van der Waals surface area contributed by atoms with Gasteiger partial charge in [-0.1, -0.05) is 48.5 Å². The van der Waals surface area contributed by atoms with Gasteiger partial charge in [0.2, 0.25) is 0 Å². The number of esters is 1. The fourth-order valence-electron chi connectivity index (χ4n) is 4.69. The standard InChI is InChI=1S/C26H26N2O7/c1-26(2,23(30)33-3)21-17-12-8-9-13-19(17)27(24(31)34-4)14-18(21)22(29)28-20(15-35-25(28)32)16-10-6-5-7-11-16/h5-14,20-21H,15H2,1-4H3/t20-,21-/m1/s1. The van der Waals surface area contributed by atoms with E-state index in [0.717, 1.165) is 10.5 Å². The number of hydrogen-bond acceptors (Lipinski definition) is 7. The van der Waals surface area contributed by atoms with Gasteiger partial charge in [-0.15, -0.1) is 0 Å². The summed E-state index contributed by atoms with van der Waals surface area (Å²) >= 11 is 0. The van der Waals surface area contributed by atoms with Crippen molar-refractivity contribution in [3.8, 4) is 0 Å². The van der Waals surface area contributed by atoms with Crippen molar-refractivity contribution in [3.63, 3.8) is 0 Å². The van der Waals surface area contributed by atoms with Crippen molar-refractivity contribution in [2.75, 3.05) is 25.7 Å². The molecule has 2 atom stereocenters. The summed E-state index contributed by atoms with van der Waals surface area (Å²) in [5.74, 6) is -2.05. The molecular weight excluding hydrogens is 452 g/mol. The molecule has 2 aromatic rings. The lowest BCUT2D eigenvalue weighted by atomic mass is 9.69. The third kappa shape index (κ3) is 4.03. The maximum atomic E-state index is 14.1. The van der Waals surface area contributed by atoms with E-state index in [-0.39, 0.29) is 12.2 Å². The van der Waals surface area contributed by atoms with Crippen molar-refractivity contribution in [1.29, 1.82) is 0 Å². The highest BCUT2D eigenvalue weighted by Crippen LogP contribution is 2.49. The lowest BCUT2D eigenvalue weighted by Crippen LogP contribution is -2.44. The number of benzene rings is 2. The van der Waals surface area contributed by atoms with Crippen LogP contribution in [0.15, 0.2) is 66.4 Å². The number of carbonyl (C=O) groups excluding carboxylic acids is 4. The lowest BCUT2D eigenvalue weighted by Gasteiger charge is -2.40. The van der Waals surface area contributed by atoms with Gasteiger partial charge < -0.3 is 14.2 Å². The first-order valence-electron chi connectivity index (χ1n) is 11.0. The number of ether oxygens (including phenoxy) is 3. The van der Waals surface area contributed by atoms with Crippen LogP contribution >= 0.6 is 0 Å². The molecule has 0 bridgehead atoms. The fourth-order valence-corrected chi connectivity index (χ4v) is 4.69. The average Bonchev–Trinajstić information content (AvgIpc) is 3.27. The van der Waals surface area contributed by atoms with Crippen LogP contribution in [-0.2, 0) is 23.8 Å². The van der Waals surface area contributed by atoms with Gasteiger partial charge in [-0.3, -0.25) is 14.5 Å². The molecule has 1 saturated heterocycles. The fraction of sp³-hybridized carbons (Fsp3) is 0.308. The maximum absolute atomic E-state index is 14.1. The van der Waals surface area contributed by atoms with E-state index in [2.05, 4.69) is 0 Å². The Morgan fingerprint density at radius 1 is 0.971 bits per heavy atom. The molecule has 2 heterocycles. The molecule has 3 amide bonds. The first-order valence-corrected chi connectivity index (χ1v) is 11.0. The van der Waals surface area contributed by atoms with Crippen molar-refractivity contribution in [2.45, 2.75) is 25.8 Å². The highest BCUT2D eigenvalue weighted by Gasteiger charge is 2.50. The third-order valence-corrected chi connectivity index (χ3v) is 6.41. The number of hydrogen-bond donors (Lipinski definition) is 0. The van der Waals surface area contributed by atoms with Crippen LogP contribution in [-0.4, -0.2) is 49.8 Å². The zero-order chi connectivity index (χ0) is 25.3. The van der Waals surface area contributed by atoms with Crippen LogP contribution in [0.4, 0.5) is 15.3 Å². The molecule has 0 N–H and O–H groups in total. The Labute approximate surface area is 202 Å². The van der Waals surface area contributed by atoms with Gasteiger partial charge >= 0.3 is 18.2 Å². The minimum absolute atomic E-state index is 0.00969. The van der Waals surface area contributed by atoms with Gasteiger partial charge in [0.25, 0.3) is 5.91 Å². The number of methoxy groups -OCH3 is 2. The summed E-state index contributed by atoms with van der Waals surface area (Å²) in [5.41, 5.74) is 0.561. The third-order valence-electron chi connectivity index (χ3n) is 6.41. The molecular formula is C26H26N2O7. The Morgan fingerprint density at radius 2 is 1.63 bits per heavy atom. The van der Waals surface area contributed by atoms with E-state index in [0.29, 0.717) is 11.3 Å². The van der Waals surface area contributed by atoms with E-state index in [9.17, 15) is 19.2 Å². The highest BCUT2D eigenvalue weighted by molar-refractivity contribution is 6.08. The number of para-hydroxylation sites is 1. The van der Waals surface area contributed by atoms with Crippen LogP contribution < -0.4 is 4.90 Å². The maximum Gasteiger partial charge on any atom is 0.418 e. The molecule has 9 nitrogen and oxygen atoms in total. The number of nitrogens with zero attached hydrogens (tertiary/aromatic N) is 2.